The first-order chi connectivity index (χ1) is 3.31. The Labute approximate surface area is 50.8 Å². The third-order valence-electron chi connectivity index (χ3n) is 0.270. The van der Waals surface area contributed by atoms with Crippen molar-refractivity contribution in [3.8, 4) is 0 Å². The molecule has 0 spiro atoms. The van der Waals surface area contributed by atoms with Gasteiger partial charge in [0, 0.05) is 0 Å². The summed E-state index contributed by atoms with van der Waals surface area (Å²) >= 11 is 1.20. The van der Waals surface area contributed by atoms with Crippen molar-refractivity contribution < 1.29 is 27.6 Å². The minimum absolute atomic E-state index is 0.392. The number of hydrogen-bond donors (Lipinski definition) is 0. The van der Waals surface area contributed by atoms with E-state index in [1.165, 1.54) is 19.3 Å². The first-order valence-electron chi connectivity index (χ1n) is 1.40. The van der Waals surface area contributed by atoms with Crippen molar-refractivity contribution in [3.63, 3.8) is 0 Å². The Balaban J connectivity index is 3.17. The summed E-state index contributed by atoms with van der Waals surface area (Å²) in [6, 6.07) is 0. The minimum atomic E-state index is -0.602. The average molecular weight is 280 g/mol. The maximum absolute atomic E-state index is 9.90. The molecule has 0 fully saturated rings. The molecule has 0 aliphatic carbocycles. The van der Waals surface area contributed by atoms with Crippen LogP contribution in [-0.4, -0.2) is 12.5 Å². The van der Waals surface area contributed by atoms with Gasteiger partial charge >= 0.3 is 50.2 Å². The second-order valence-corrected chi connectivity index (χ2v) is 1.22. The molecule has 0 aliphatic rings. The molecule has 42 valence electrons. The van der Waals surface area contributed by atoms with Gasteiger partial charge in [0.25, 0.3) is 0 Å². The molecule has 0 aromatic heterocycles. The van der Waals surface area contributed by atoms with Crippen LogP contribution in [0, 0.1) is 4.91 Å². The van der Waals surface area contributed by atoms with E-state index in [0.717, 1.165) is 0 Å². The number of hydrogen-bond acceptors (Lipinski definition) is 4. The zero-order chi connectivity index (χ0) is 5.70. The monoisotopic (exact) mass is 281 g/mol. The van der Waals surface area contributed by atoms with Gasteiger partial charge in [-0.1, -0.05) is 0 Å². The molecule has 0 N–H and O–H groups in total. The van der Waals surface area contributed by atoms with Gasteiger partial charge in [-0.25, -0.2) is 0 Å². The molecule has 0 amide bonds. The van der Waals surface area contributed by atoms with Crippen LogP contribution in [0.5, 0.6) is 0 Å². The molecule has 5 heteroatoms. The Morgan fingerprint density at radius 2 is 2.43 bits per heavy atom. The van der Waals surface area contributed by atoms with Gasteiger partial charge in [-0.15, -0.1) is 0 Å². The van der Waals surface area contributed by atoms with Crippen molar-refractivity contribution in [1.82, 2.24) is 0 Å². The molecular formula is C2H2IrNO3. The van der Waals surface area contributed by atoms with E-state index in [-0.39, 0.29) is 0 Å². The van der Waals surface area contributed by atoms with Gasteiger partial charge in [0.1, 0.15) is 0 Å². The number of rotatable bonds is 2. The number of carbonyl (C=O) groups is 1. The summed E-state index contributed by atoms with van der Waals surface area (Å²) in [6.45, 7) is -0.392. The molecule has 0 radical (unpaired) electrons. The molecule has 0 atom stereocenters. The summed E-state index contributed by atoms with van der Waals surface area (Å²) in [5, 5.41) is 2.28. The molecule has 0 saturated carbocycles. The quantitative estimate of drug-likeness (QED) is 0.656. The maximum atomic E-state index is 9.90. The summed E-state index contributed by atoms with van der Waals surface area (Å²) in [5.41, 5.74) is 0. The van der Waals surface area contributed by atoms with Crippen molar-refractivity contribution in [1.29, 1.82) is 0 Å². The number of carbonyl (C=O) groups excluding carboxylic acids is 1. The van der Waals surface area contributed by atoms with Gasteiger partial charge in [-0.2, -0.15) is 0 Å². The molecule has 0 saturated heterocycles. The third kappa shape index (κ3) is 3.55. The van der Waals surface area contributed by atoms with Crippen LogP contribution in [0.25, 0.3) is 0 Å². The molecule has 0 unspecified atom stereocenters. The Morgan fingerprint density at radius 1 is 1.86 bits per heavy atom. The topological polar surface area (TPSA) is 55.7 Å². The van der Waals surface area contributed by atoms with Crippen molar-refractivity contribution in [2.45, 2.75) is 0 Å². The number of nitrogens with zero attached hydrogens (tertiary/aromatic N) is 1. The fourth-order valence-corrected chi connectivity index (χ4v) is 0.229. The van der Waals surface area contributed by atoms with E-state index in [9.17, 15) is 9.70 Å². The fraction of sp³-hybridized carbons (Fsp3) is 0.500. The second-order valence-electron chi connectivity index (χ2n) is 0.727. The van der Waals surface area contributed by atoms with Gasteiger partial charge < -0.3 is 0 Å². The molecule has 7 heavy (non-hydrogen) atoms. The van der Waals surface area contributed by atoms with Crippen LogP contribution in [0.15, 0.2) is 5.18 Å². The summed E-state index contributed by atoms with van der Waals surface area (Å²) < 4.78 is 4.06. The summed E-state index contributed by atoms with van der Waals surface area (Å²) in [7, 11) is 0. The Morgan fingerprint density at radius 3 is 2.57 bits per heavy atom. The molecule has 0 aromatic rings. The van der Waals surface area contributed by atoms with E-state index >= 15 is 0 Å². The van der Waals surface area contributed by atoms with Crippen molar-refractivity contribution >= 4 is 5.97 Å². The molecular weight excluding hydrogens is 278 g/mol. The Hall–Kier alpha value is -0.281. The van der Waals surface area contributed by atoms with Crippen LogP contribution >= 0.6 is 0 Å². The normalized spacial score (nSPS) is 7.71. The molecule has 4 nitrogen and oxygen atoms in total. The summed E-state index contributed by atoms with van der Waals surface area (Å²) in [4.78, 5) is 19.1. The Kier molecular flexibility index (Phi) is 3.74. The second kappa shape index (κ2) is 3.89. The standard InChI is InChI=1S/C2H3NO3.Ir/c4-2(5)1-3-6;/h1H2,(H,4,5);/q;+1/p-1. The van der Waals surface area contributed by atoms with Crippen LogP contribution in [0.2, 0.25) is 0 Å². The molecule has 0 heterocycles. The van der Waals surface area contributed by atoms with Crippen molar-refractivity contribution in [2.75, 3.05) is 6.54 Å². The van der Waals surface area contributed by atoms with Crippen LogP contribution in [0.4, 0.5) is 0 Å². The summed E-state index contributed by atoms with van der Waals surface area (Å²) in [6.07, 6.45) is 0. The predicted molar refractivity (Wildman–Crippen MR) is 16.8 cm³/mol. The molecule has 0 bridgehead atoms. The average Bonchev–Trinajstić information content (AvgIpc) is 1.68. The van der Waals surface area contributed by atoms with Crippen LogP contribution in [0.3, 0.4) is 0 Å². The molecule has 0 aromatic carbocycles. The SMILES string of the molecule is O=NCC(=O)[O][Ir]. The van der Waals surface area contributed by atoms with E-state index in [0.29, 0.717) is 0 Å². The van der Waals surface area contributed by atoms with Gasteiger partial charge in [0.2, 0.25) is 0 Å². The van der Waals surface area contributed by atoms with E-state index in [2.05, 4.69) is 8.67 Å². The van der Waals surface area contributed by atoms with Gasteiger partial charge in [-0.3, -0.25) is 0 Å². The first-order valence-corrected chi connectivity index (χ1v) is 2.37. The van der Waals surface area contributed by atoms with E-state index in [1.54, 1.807) is 0 Å². The van der Waals surface area contributed by atoms with E-state index < -0.39 is 12.5 Å². The third-order valence-corrected chi connectivity index (χ3v) is 0.815. The number of nitroso groups, excluding NO2 is 1. The predicted octanol–water partition coefficient (Wildman–Crippen LogP) is -0.242. The van der Waals surface area contributed by atoms with Crippen LogP contribution in [-0.2, 0) is 27.6 Å². The van der Waals surface area contributed by atoms with Gasteiger partial charge in [0.15, 0.2) is 0 Å². The first kappa shape index (κ1) is 6.72. The van der Waals surface area contributed by atoms with Gasteiger partial charge in [-0.05, 0) is 0 Å². The van der Waals surface area contributed by atoms with Crippen molar-refractivity contribution in [2.24, 2.45) is 5.18 Å². The van der Waals surface area contributed by atoms with E-state index in [1.807, 2.05) is 0 Å². The molecule has 0 rings (SSSR count). The molecule has 0 aliphatic heterocycles. The zero-order valence-corrected chi connectivity index (χ0v) is 5.61. The fourth-order valence-electron chi connectivity index (χ4n) is 0.0742. The van der Waals surface area contributed by atoms with Crippen molar-refractivity contribution in [3.05, 3.63) is 4.91 Å². The van der Waals surface area contributed by atoms with Crippen LogP contribution < -0.4 is 0 Å². The van der Waals surface area contributed by atoms with E-state index in [4.69, 9.17) is 0 Å². The van der Waals surface area contributed by atoms with Crippen LogP contribution in [0.1, 0.15) is 0 Å². The van der Waals surface area contributed by atoms with Gasteiger partial charge in [0.05, 0.1) is 0 Å². The Bertz CT molecular complexity index is 83.0. The zero-order valence-electron chi connectivity index (χ0n) is 3.21. The summed E-state index contributed by atoms with van der Waals surface area (Å²) in [5.74, 6) is -0.602.